The number of carbonyl (C=O) groups is 2. The first-order chi connectivity index (χ1) is 10.3. The normalized spacial score (nSPS) is 11.4. The molecule has 0 aliphatic carbocycles. The molecule has 0 aromatic carbocycles. The van der Waals surface area contributed by atoms with Crippen molar-refractivity contribution in [2.75, 3.05) is 6.54 Å². The van der Waals surface area contributed by atoms with E-state index in [4.69, 9.17) is 5.11 Å². The van der Waals surface area contributed by atoms with Gasteiger partial charge in [0.15, 0.2) is 0 Å². The van der Waals surface area contributed by atoms with Crippen molar-refractivity contribution in [2.45, 2.75) is 64.8 Å². The molecular formula is C16H27N3O3. The van der Waals surface area contributed by atoms with E-state index in [2.05, 4.69) is 10.4 Å². The summed E-state index contributed by atoms with van der Waals surface area (Å²) in [5.41, 5.74) is 0.450. The van der Waals surface area contributed by atoms with Gasteiger partial charge in [-0.15, -0.1) is 0 Å². The molecule has 0 unspecified atom stereocenters. The van der Waals surface area contributed by atoms with Crippen molar-refractivity contribution < 1.29 is 14.7 Å². The summed E-state index contributed by atoms with van der Waals surface area (Å²) in [4.78, 5) is 22.3. The number of nitrogens with zero attached hydrogens (tertiary/aromatic N) is 2. The molecule has 0 aliphatic rings. The fourth-order valence-corrected chi connectivity index (χ4v) is 2.04. The topological polar surface area (TPSA) is 84.2 Å². The summed E-state index contributed by atoms with van der Waals surface area (Å²) < 4.78 is 1.78. The molecule has 1 amide bonds. The number of carbonyl (C=O) groups excluding carboxylic acids is 1. The smallest absolute Gasteiger partial charge is 0.303 e. The number of carboxylic acid groups (broad SMARTS) is 1. The standard InChI is InChI=1S/C16H27N3O3/c1-16(2,3)19-12-13(11-18-19)15(22)17-10-8-6-4-5-7-9-14(20)21/h11-12H,4-10H2,1-3H3,(H,17,22)(H,20,21). The minimum atomic E-state index is -0.733. The molecule has 0 bridgehead atoms. The SMILES string of the molecule is CC(C)(C)n1cc(C(=O)NCCCCCCCC(=O)O)cn1. The van der Waals surface area contributed by atoms with Crippen LogP contribution >= 0.6 is 0 Å². The average Bonchev–Trinajstić information content (AvgIpc) is 2.91. The van der Waals surface area contributed by atoms with Gasteiger partial charge in [-0.1, -0.05) is 19.3 Å². The van der Waals surface area contributed by atoms with Crippen LogP contribution in [0.25, 0.3) is 0 Å². The molecule has 0 saturated heterocycles. The second-order valence-electron chi connectivity index (χ2n) is 6.51. The van der Waals surface area contributed by atoms with Crippen molar-refractivity contribution in [3.05, 3.63) is 18.0 Å². The maximum atomic E-state index is 12.0. The minimum absolute atomic E-state index is 0.0959. The Balaban J connectivity index is 2.16. The van der Waals surface area contributed by atoms with Crippen molar-refractivity contribution in [3.63, 3.8) is 0 Å². The molecule has 1 aromatic heterocycles. The lowest BCUT2D eigenvalue weighted by Crippen LogP contribution is -2.25. The first-order valence-corrected chi connectivity index (χ1v) is 7.86. The molecule has 2 N–H and O–H groups in total. The van der Waals surface area contributed by atoms with E-state index in [0.717, 1.165) is 32.1 Å². The fraction of sp³-hybridized carbons (Fsp3) is 0.688. The highest BCUT2D eigenvalue weighted by molar-refractivity contribution is 5.93. The summed E-state index contributed by atoms with van der Waals surface area (Å²) in [5, 5.41) is 15.6. The van der Waals surface area contributed by atoms with E-state index < -0.39 is 5.97 Å². The van der Waals surface area contributed by atoms with E-state index in [1.54, 1.807) is 17.1 Å². The van der Waals surface area contributed by atoms with Gasteiger partial charge in [-0.05, 0) is 33.6 Å². The Hall–Kier alpha value is -1.85. The summed E-state index contributed by atoms with van der Waals surface area (Å²) in [6, 6.07) is 0. The molecule has 0 saturated carbocycles. The van der Waals surface area contributed by atoms with Crippen LogP contribution in [0.5, 0.6) is 0 Å². The molecule has 6 nitrogen and oxygen atoms in total. The number of rotatable bonds is 9. The van der Waals surface area contributed by atoms with Crippen LogP contribution in [0.1, 0.15) is 69.7 Å². The van der Waals surface area contributed by atoms with Crippen molar-refractivity contribution in [3.8, 4) is 0 Å². The summed E-state index contributed by atoms with van der Waals surface area (Å²) >= 11 is 0. The first kappa shape index (κ1) is 18.2. The molecule has 0 atom stereocenters. The number of carboxylic acids is 1. The van der Waals surface area contributed by atoms with Gasteiger partial charge in [0.25, 0.3) is 5.91 Å². The zero-order valence-electron chi connectivity index (χ0n) is 13.8. The van der Waals surface area contributed by atoms with Gasteiger partial charge in [-0.25, -0.2) is 0 Å². The Bertz CT molecular complexity index is 489. The van der Waals surface area contributed by atoms with Gasteiger partial charge >= 0.3 is 5.97 Å². The van der Waals surface area contributed by atoms with E-state index in [0.29, 0.717) is 12.1 Å². The van der Waals surface area contributed by atoms with Crippen molar-refractivity contribution in [1.29, 1.82) is 0 Å². The lowest BCUT2D eigenvalue weighted by molar-refractivity contribution is -0.137. The van der Waals surface area contributed by atoms with Crippen LogP contribution < -0.4 is 5.32 Å². The number of hydrogen-bond donors (Lipinski definition) is 2. The maximum Gasteiger partial charge on any atom is 0.303 e. The summed E-state index contributed by atoms with van der Waals surface area (Å²) in [6.45, 7) is 6.74. The highest BCUT2D eigenvalue weighted by Crippen LogP contribution is 2.13. The highest BCUT2D eigenvalue weighted by Gasteiger charge is 2.16. The fourth-order valence-electron chi connectivity index (χ4n) is 2.04. The molecule has 0 radical (unpaired) electrons. The Labute approximate surface area is 131 Å². The number of hydrogen-bond acceptors (Lipinski definition) is 3. The number of nitrogens with one attached hydrogen (secondary N) is 1. The van der Waals surface area contributed by atoms with E-state index in [-0.39, 0.29) is 17.9 Å². The lowest BCUT2D eigenvalue weighted by atomic mass is 10.1. The molecule has 0 fully saturated rings. The Morgan fingerprint density at radius 1 is 1.18 bits per heavy atom. The predicted molar refractivity (Wildman–Crippen MR) is 84.9 cm³/mol. The summed E-state index contributed by atoms with van der Waals surface area (Å²) in [5.74, 6) is -0.829. The second-order valence-corrected chi connectivity index (χ2v) is 6.51. The first-order valence-electron chi connectivity index (χ1n) is 7.86. The number of aromatic nitrogens is 2. The molecule has 1 rings (SSSR count). The molecule has 124 valence electrons. The Morgan fingerprint density at radius 2 is 1.82 bits per heavy atom. The largest absolute Gasteiger partial charge is 0.481 e. The number of aliphatic carboxylic acids is 1. The van der Waals surface area contributed by atoms with Gasteiger partial charge < -0.3 is 10.4 Å². The number of amides is 1. The highest BCUT2D eigenvalue weighted by atomic mass is 16.4. The minimum Gasteiger partial charge on any atom is -0.481 e. The zero-order valence-corrected chi connectivity index (χ0v) is 13.8. The molecular weight excluding hydrogens is 282 g/mol. The van der Waals surface area contributed by atoms with Gasteiger partial charge in [0, 0.05) is 19.2 Å². The van der Waals surface area contributed by atoms with Crippen molar-refractivity contribution >= 4 is 11.9 Å². The molecule has 1 aromatic rings. The monoisotopic (exact) mass is 309 g/mol. The van der Waals surface area contributed by atoms with Gasteiger partial charge in [0.1, 0.15) is 0 Å². The van der Waals surface area contributed by atoms with E-state index in [9.17, 15) is 9.59 Å². The van der Waals surface area contributed by atoms with Crippen LogP contribution in [0.3, 0.4) is 0 Å². The van der Waals surface area contributed by atoms with Gasteiger partial charge in [-0.3, -0.25) is 14.3 Å². The van der Waals surface area contributed by atoms with Gasteiger partial charge in [0.05, 0.1) is 17.3 Å². The van der Waals surface area contributed by atoms with Crippen molar-refractivity contribution in [2.24, 2.45) is 0 Å². The van der Waals surface area contributed by atoms with Crippen molar-refractivity contribution in [1.82, 2.24) is 15.1 Å². The third kappa shape index (κ3) is 6.74. The van der Waals surface area contributed by atoms with Crippen LogP contribution in [-0.2, 0) is 10.3 Å². The third-order valence-electron chi connectivity index (χ3n) is 3.39. The van der Waals surface area contributed by atoms with E-state index >= 15 is 0 Å². The molecule has 22 heavy (non-hydrogen) atoms. The molecule has 1 heterocycles. The van der Waals surface area contributed by atoms with E-state index in [1.165, 1.54) is 0 Å². The van der Waals surface area contributed by atoms with Crippen LogP contribution in [0.15, 0.2) is 12.4 Å². The predicted octanol–water partition coefficient (Wildman–Crippen LogP) is 2.79. The molecule has 0 aliphatic heterocycles. The van der Waals surface area contributed by atoms with Crippen LogP contribution in [0.2, 0.25) is 0 Å². The second kappa shape index (κ2) is 8.56. The summed E-state index contributed by atoms with van der Waals surface area (Å²) in [7, 11) is 0. The third-order valence-corrected chi connectivity index (χ3v) is 3.39. The molecule has 6 heteroatoms. The summed E-state index contributed by atoms with van der Waals surface area (Å²) in [6.07, 6.45) is 8.17. The Morgan fingerprint density at radius 3 is 2.41 bits per heavy atom. The Kier molecular flexibility index (Phi) is 7.08. The van der Waals surface area contributed by atoms with Crippen LogP contribution in [0, 0.1) is 0 Å². The van der Waals surface area contributed by atoms with Gasteiger partial charge in [-0.2, -0.15) is 5.10 Å². The van der Waals surface area contributed by atoms with Gasteiger partial charge in [0.2, 0.25) is 0 Å². The van der Waals surface area contributed by atoms with Crippen LogP contribution in [0.4, 0.5) is 0 Å². The van der Waals surface area contributed by atoms with E-state index in [1.807, 2.05) is 20.8 Å². The lowest BCUT2D eigenvalue weighted by Gasteiger charge is -2.18. The average molecular weight is 309 g/mol. The quantitative estimate of drug-likeness (QED) is 0.687. The maximum absolute atomic E-state index is 12.0. The number of unbranched alkanes of at least 4 members (excludes halogenated alkanes) is 4. The zero-order chi connectivity index (χ0) is 16.6. The molecule has 0 spiro atoms. The van der Waals surface area contributed by atoms with Crippen LogP contribution in [-0.4, -0.2) is 33.3 Å².